The zero-order chi connectivity index (χ0) is 19.2. The van der Waals surface area contributed by atoms with Crippen molar-refractivity contribution in [1.82, 2.24) is 0 Å². The molecule has 1 heteroatoms. The summed E-state index contributed by atoms with van der Waals surface area (Å²) < 4.78 is 33.0. The Bertz CT molecular complexity index is 685. The second-order valence-corrected chi connectivity index (χ2v) is 7.44. The predicted molar refractivity (Wildman–Crippen MR) is 93.6 cm³/mol. The van der Waals surface area contributed by atoms with Gasteiger partial charge in [-0.25, -0.2) is 0 Å². The maximum Gasteiger partial charge on any atom is 0.0645 e. The van der Waals surface area contributed by atoms with Gasteiger partial charge >= 0.3 is 0 Å². The molecule has 0 radical (unpaired) electrons. The average molecular weight is 285 g/mol. The van der Waals surface area contributed by atoms with Crippen LogP contribution in [0.25, 0.3) is 0 Å². The third-order valence-corrected chi connectivity index (χ3v) is 3.47. The van der Waals surface area contributed by atoms with Crippen molar-refractivity contribution in [3.63, 3.8) is 0 Å². The van der Waals surface area contributed by atoms with Crippen LogP contribution in [-0.2, 0) is 10.8 Å². The van der Waals surface area contributed by atoms with Gasteiger partial charge in [0.1, 0.15) is 0 Å². The second-order valence-electron chi connectivity index (χ2n) is 7.44. The standard InChI is InChI=1S/C20H27N/c1-19(2,3)15-7-11-17(12-8-15)21-18-13-9-16(10-14-18)20(4,5)6/h7-14,21H,1-6H3/i11D,12D,13D,14D. The summed E-state index contributed by atoms with van der Waals surface area (Å²) in [7, 11) is 0. The fourth-order valence-corrected chi connectivity index (χ4v) is 1.90. The lowest BCUT2D eigenvalue weighted by atomic mass is 9.87. The molecule has 0 fully saturated rings. The van der Waals surface area contributed by atoms with E-state index in [9.17, 15) is 0 Å². The molecule has 0 amide bonds. The van der Waals surface area contributed by atoms with Gasteiger partial charge in [0.05, 0.1) is 5.48 Å². The summed E-state index contributed by atoms with van der Waals surface area (Å²) in [5, 5.41) is 2.98. The van der Waals surface area contributed by atoms with E-state index >= 15 is 0 Å². The summed E-state index contributed by atoms with van der Waals surface area (Å²) in [6.45, 7) is 12.3. The number of anilines is 2. The molecule has 0 saturated carbocycles. The van der Waals surface area contributed by atoms with Crippen LogP contribution in [0.15, 0.2) is 48.4 Å². The molecule has 112 valence electrons. The van der Waals surface area contributed by atoms with Crippen molar-refractivity contribution in [2.24, 2.45) is 0 Å². The van der Waals surface area contributed by atoms with Crippen molar-refractivity contribution in [2.75, 3.05) is 5.32 Å². The van der Waals surface area contributed by atoms with Crippen LogP contribution >= 0.6 is 0 Å². The molecule has 0 aromatic heterocycles. The minimum Gasteiger partial charge on any atom is -0.356 e. The summed E-state index contributed by atoms with van der Waals surface area (Å²) in [5.74, 6) is 0. The molecule has 0 aliphatic heterocycles. The lowest BCUT2D eigenvalue weighted by Crippen LogP contribution is -2.11. The van der Waals surface area contributed by atoms with E-state index in [0.717, 1.165) is 11.1 Å². The van der Waals surface area contributed by atoms with Gasteiger partial charge in [-0.3, -0.25) is 0 Å². The zero-order valence-corrected chi connectivity index (χ0v) is 13.8. The number of benzene rings is 2. The van der Waals surface area contributed by atoms with Gasteiger partial charge in [-0.15, -0.1) is 0 Å². The third kappa shape index (κ3) is 4.10. The molecule has 0 aliphatic rings. The molecule has 0 heterocycles. The number of hydrogen-bond acceptors (Lipinski definition) is 1. The molecular weight excluding hydrogens is 254 g/mol. The van der Waals surface area contributed by atoms with Crippen molar-refractivity contribution < 1.29 is 5.48 Å². The quantitative estimate of drug-likeness (QED) is 0.711. The molecule has 0 aliphatic carbocycles. The van der Waals surface area contributed by atoms with E-state index in [1.807, 2.05) is 41.5 Å². The van der Waals surface area contributed by atoms with Crippen LogP contribution in [0.3, 0.4) is 0 Å². The number of nitrogens with one attached hydrogen (secondary N) is 1. The molecule has 2 aromatic rings. The number of hydrogen-bond donors (Lipinski definition) is 1. The molecule has 0 spiro atoms. The highest BCUT2D eigenvalue weighted by Crippen LogP contribution is 2.27. The normalized spacial score (nSPS) is 15.0. The van der Waals surface area contributed by atoms with E-state index in [-0.39, 0.29) is 35.0 Å². The van der Waals surface area contributed by atoms with Gasteiger partial charge in [-0.05, 0) is 46.1 Å². The maximum absolute atomic E-state index is 8.26. The Morgan fingerprint density at radius 3 is 1.19 bits per heavy atom. The summed E-state index contributed by atoms with van der Waals surface area (Å²) in [4.78, 5) is 0. The van der Waals surface area contributed by atoms with Crippen LogP contribution in [-0.4, -0.2) is 0 Å². The first-order valence-corrected chi connectivity index (χ1v) is 7.31. The largest absolute Gasteiger partial charge is 0.356 e. The monoisotopic (exact) mass is 285 g/mol. The highest BCUT2D eigenvalue weighted by atomic mass is 14.9. The molecule has 1 N–H and O–H groups in total. The van der Waals surface area contributed by atoms with Crippen LogP contribution in [0.5, 0.6) is 0 Å². The Morgan fingerprint density at radius 1 is 0.667 bits per heavy atom. The minimum atomic E-state index is -0.139. The first-order chi connectivity index (χ1) is 11.3. The molecule has 0 bridgehead atoms. The first-order valence-electron chi connectivity index (χ1n) is 9.31. The van der Waals surface area contributed by atoms with Gasteiger partial charge in [0, 0.05) is 11.4 Å². The topological polar surface area (TPSA) is 12.0 Å². The van der Waals surface area contributed by atoms with E-state index in [2.05, 4.69) is 5.32 Å². The second kappa shape index (κ2) is 5.55. The Labute approximate surface area is 135 Å². The Morgan fingerprint density at radius 2 is 0.952 bits per heavy atom. The molecular formula is C20H27N. The summed E-state index contributed by atoms with van der Waals surface area (Å²) in [6.07, 6.45) is 0. The third-order valence-electron chi connectivity index (χ3n) is 3.47. The molecule has 1 nitrogen and oxygen atoms in total. The van der Waals surface area contributed by atoms with Gasteiger partial charge in [0.15, 0.2) is 0 Å². The van der Waals surface area contributed by atoms with Crippen LogP contribution in [0.4, 0.5) is 11.4 Å². The molecule has 2 aromatic carbocycles. The number of rotatable bonds is 2. The molecule has 2 rings (SSSR count). The van der Waals surface area contributed by atoms with Gasteiger partial charge < -0.3 is 5.32 Å². The van der Waals surface area contributed by atoms with Crippen molar-refractivity contribution in [2.45, 2.75) is 52.4 Å². The Balaban J connectivity index is 2.48. The van der Waals surface area contributed by atoms with Crippen LogP contribution in [0.2, 0.25) is 0 Å². The van der Waals surface area contributed by atoms with Crippen LogP contribution in [0.1, 0.15) is 58.2 Å². The minimum absolute atomic E-state index is 0.139. The fraction of sp³-hybridized carbons (Fsp3) is 0.400. The Kier molecular flexibility index (Phi) is 2.88. The van der Waals surface area contributed by atoms with Gasteiger partial charge in [0.2, 0.25) is 0 Å². The fourth-order valence-electron chi connectivity index (χ4n) is 1.90. The average Bonchev–Trinajstić information content (AvgIpc) is 2.42. The van der Waals surface area contributed by atoms with E-state index < -0.39 is 0 Å². The van der Waals surface area contributed by atoms with Crippen molar-refractivity contribution >= 4 is 11.4 Å². The van der Waals surface area contributed by atoms with Crippen LogP contribution < -0.4 is 5.32 Å². The molecule has 0 atom stereocenters. The van der Waals surface area contributed by atoms with Crippen LogP contribution in [0, 0.1) is 0 Å². The van der Waals surface area contributed by atoms with E-state index in [1.54, 1.807) is 24.3 Å². The molecule has 0 unspecified atom stereocenters. The Hall–Kier alpha value is -1.76. The SMILES string of the molecule is [2H]c1cc(C(C)(C)C)cc([2H])c1Nc1c([2H])cc(C(C)(C)C)cc1[2H]. The van der Waals surface area contributed by atoms with Gasteiger partial charge in [0.25, 0.3) is 0 Å². The van der Waals surface area contributed by atoms with Crippen molar-refractivity contribution in [3.05, 3.63) is 59.6 Å². The highest BCUT2D eigenvalue weighted by Gasteiger charge is 2.14. The van der Waals surface area contributed by atoms with E-state index in [0.29, 0.717) is 11.4 Å². The van der Waals surface area contributed by atoms with E-state index in [4.69, 9.17) is 5.48 Å². The van der Waals surface area contributed by atoms with Gasteiger partial charge in [-0.2, -0.15) is 0 Å². The smallest absolute Gasteiger partial charge is 0.0645 e. The highest BCUT2D eigenvalue weighted by molar-refractivity contribution is 5.60. The maximum atomic E-state index is 8.26. The zero-order valence-electron chi connectivity index (χ0n) is 17.8. The van der Waals surface area contributed by atoms with Gasteiger partial charge in [-0.1, -0.05) is 65.8 Å². The van der Waals surface area contributed by atoms with Crippen molar-refractivity contribution in [3.8, 4) is 0 Å². The summed E-state index contributed by atoms with van der Waals surface area (Å²) in [6, 6.07) is 7.81. The lowest BCUT2D eigenvalue weighted by molar-refractivity contribution is 0.590. The molecule has 21 heavy (non-hydrogen) atoms. The summed E-state index contributed by atoms with van der Waals surface area (Å²) in [5.41, 5.74) is 2.23. The lowest BCUT2D eigenvalue weighted by Gasteiger charge is -2.20. The summed E-state index contributed by atoms with van der Waals surface area (Å²) >= 11 is 0. The van der Waals surface area contributed by atoms with E-state index in [1.165, 1.54) is 0 Å². The van der Waals surface area contributed by atoms with Crippen molar-refractivity contribution in [1.29, 1.82) is 0 Å². The molecule has 0 saturated heterocycles. The predicted octanol–water partition coefficient (Wildman–Crippen LogP) is 6.03. The first kappa shape index (κ1) is 10.9.